The maximum Gasteiger partial charge on any atom is 0.0184 e. The van der Waals surface area contributed by atoms with Crippen LogP contribution in [0.3, 0.4) is 0 Å². The topological polar surface area (TPSA) is 0 Å². The molecule has 1 radical (unpaired) electrons. The third kappa shape index (κ3) is 2.38. The van der Waals surface area contributed by atoms with Gasteiger partial charge in [0.15, 0.2) is 0 Å². The summed E-state index contributed by atoms with van der Waals surface area (Å²) in [6.07, 6.45) is 12.3. The molecule has 0 aromatic heterocycles. The number of allylic oxidation sites excluding steroid dienone is 5. The highest BCUT2D eigenvalue weighted by Crippen LogP contribution is 2.38. The van der Waals surface area contributed by atoms with Crippen LogP contribution in [0.5, 0.6) is 0 Å². The van der Waals surface area contributed by atoms with Crippen molar-refractivity contribution in [1.29, 1.82) is 0 Å². The van der Waals surface area contributed by atoms with Crippen LogP contribution in [0.25, 0.3) is 0 Å². The van der Waals surface area contributed by atoms with Gasteiger partial charge < -0.3 is 0 Å². The second kappa shape index (κ2) is 5.64. The SMILES string of the molecule is CCCCC1=[C]P=C2C=CC(CCCC)=C12. The molecule has 0 fully saturated rings. The summed E-state index contributed by atoms with van der Waals surface area (Å²) >= 11 is 0. The largest absolute Gasteiger partial charge is 0.0654 e. The van der Waals surface area contributed by atoms with E-state index in [1.807, 2.05) is 0 Å². The first kappa shape index (κ1) is 11.9. The zero-order valence-corrected chi connectivity index (χ0v) is 11.2. The van der Waals surface area contributed by atoms with E-state index in [0.717, 1.165) is 0 Å². The van der Waals surface area contributed by atoms with Gasteiger partial charge in [0.2, 0.25) is 0 Å². The molecule has 1 aliphatic heterocycles. The minimum atomic E-state index is 1.22. The quantitative estimate of drug-likeness (QED) is 0.561. The van der Waals surface area contributed by atoms with Crippen molar-refractivity contribution in [3.8, 4) is 0 Å². The lowest BCUT2D eigenvalue weighted by molar-refractivity contribution is 0.782. The van der Waals surface area contributed by atoms with Crippen molar-refractivity contribution in [3.05, 3.63) is 34.7 Å². The van der Waals surface area contributed by atoms with E-state index in [0.29, 0.717) is 0 Å². The van der Waals surface area contributed by atoms with Gasteiger partial charge in [0.05, 0.1) is 0 Å². The smallest absolute Gasteiger partial charge is 0.0184 e. The molecule has 0 aromatic carbocycles. The van der Waals surface area contributed by atoms with Gasteiger partial charge in [-0.25, -0.2) is 0 Å². The molecule has 0 saturated carbocycles. The molecule has 2 aliphatic rings. The molecule has 0 atom stereocenters. The Morgan fingerprint density at radius 1 is 1.06 bits per heavy atom. The van der Waals surface area contributed by atoms with E-state index in [1.54, 1.807) is 11.1 Å². The number of hydrogen-bond donors (Lipinski definition) is 0. The van der Waals surface area contributed by atoms with Gasteiger partial charge in [-0.15, -0.1) is 0 Å². The van der Waals surface area contributed by atoms with Gasteiger partial charge in [0.1, 0.15) is 0 Å². The summed E-state index contributed by atoms with van der Waals surface area (Å²) < 4.78 is 0. The highest BCUT2D eigenvalue weighted by molar-refractivity contribution is 7.44. The molecule has 1 aliphatic carbocycles. The standard InChI is InChI=1S/C15H20P/c1-3-5-7-12-9-10-14-15(12)13(11-16-14)8-6-4-2/h9-10H,3-8H2,1-2H3. The first-order valence-electron chi connectivity index (χ1n) is 6.48. The molecule has 0 amide bonds. The molecule has 0 nitrogen and oxygen atoms in total. The van der Waals surface area contributed by atoms with Crippen LogP contribution >= 0.6 is 8.20 Å². The zero-order chi connectivity index (χ0) is 11.4. The Kier molecular flexibility index (Phi) is 4.18. The summed E-state index contributed by atoms with van der Waals surface area (Å²) in [4.78, 5) is 0. The number of fused-ring (bicyclic) bond motifs is 1. The summed E-state index contributed by atoms with van der Waals surface area (Å²) in [6.45, 7) is 4.53. The van der Waals surface area contributed by atoms with E-state index >= 15 is 0 Å². The molecular formula is C15H20P. The molecule has 0 N–H and O–H groups in total. The summed E-state index contributed by atoms with van der Waals surface area (Å²) in [7, 11) is 1.30. The average Bonchev–Trinajstić information content (AvgIpc) is 2.86. The molecule has 16 heavy (non-hydrogen) atoms. The monoisotopic (exact) mass is 231 g/mol. The van der Waals surface area contributed by atoms with Gasteiger partial charge in [-0.2, -0.15) is 0 Å². The van der Waals surface area contributed by atoms with Crippen LogP contribution in [0.15, 0.2) is 28.9 Å². The lowest BCUT2D eigenvalue weighted by Gasteiger charge is -2.08. The zero-order valence-electron chi connectivity index (χ0n) is 10.3. The third-order valence-corrected chi connectivity index (χ3v) is 4.21. The van der Waals surface area contributed by atoms with E-state index < -0.39 is 0 Å². The predicted octanol–water partition coefficient (Wildman–Crippen LogP) is 5.05. The normalized spacial score (nSPS) is 18.9. The molecule has 0 spiro atoms. The molecule has 0 saturated heterocycles. The van der Waals surface area contributed by atoms with Gasteiger partial charge in [0, 0.05) is 11.1 Å². The summed E-state index contributed by atoms with van der Waals surface area (Å²) in [6, 6.07) is 0. The fourth-order valence-corrected chi connectivity index (χ4v) is 3.26. The highest BCUT2D eigenvalue weighted by Gasteiger charge is 2.21. The Hall–Kier alpha value is -0.610. The van der Waals surface area contributed by atoms with Gasteiger partial charge in [-0.3, -0.25) is 0 Å². The van der Waals surface area contributed by atoms with Crippen LogP contribution in [0.2, 0.25) is 0 Å². The molecule has 0 bridgehead atoms. The van der Waals surface area contributed by atoms with E-state index in [1.165, 1.54) is 57.6 Å². The van der Waals surface area contributed by atoms with Crippen molar-refractivity contribution >= 4 is 13.5 Å². The number of hydrogen-bond acceptors (Lipinski definition) is 0. The maximum absolute atomic E-state index is 3.54. The van der Waals surface area contributed by atoms with Gasteiger partial charge in [-0.05, 0) is 48.5 Å². The van der Waals surface area contributed by atoms with Crippen LogP contribution in [-0.4, -0.2) is 5.29 Å². The van der Waals surface area contributed by atoms with Crippen molar-refractivity contribution in [2.75, 3.05) is 0 Å². The second-order valence-electron chi connectivity index (χ2n) is 4.53. The lowest BCUT2D eigenvalue weighted by Crippen LogP contribution is -1.96. The summed E-state index contributed by atoms with van der Waals surface area (Å²) in [5, 5.41) is 1.50. The fraction of sp³-hybridized carbons (Fsp3) is 0.533. The molecule has 1 heteroatoms. The van der Waals surface area contributed by atoms with E-state index in [9.17, 15) is 0 Å². The molecule has 1 heterocycles. The molecular weight excluding hydrogens is 211 g/mol. The van der Waals surface area contributed by atoms with Crippen molar-refractivity contribution in [2.24, 2.45) is 0 Å². The van der Waals surface area contributed by atoms with Crippen molar-refractivity contribution in [1.82, 2.24) is 0 Å². The van der Waals surface area contributed by atoms with Crippen molar-refractivity contribution in [2.45, 2.75) is 52.4 Å². The van der Waals surface area contributed by atoms with Gasteiger partial charge >= 0.3 is 0 Å². The van der Waals surface area contributed by atoms with E-state index in [-0.39, 0.29) is 0 Å². The summed E-state index contributed by atoms with van der Waals surface area (Å²) in [5.74, 6) is 3.54. The second-order valence-corrected chi connectivity index (χ2v) is 5.46. The minimum Gasteiger partial charge on any atom is -0.0654 e. The molecule has 2 rings (SSSR count). The molecule has 0 unspecified atom stereocenters. The Balaban J connectivity index is 2.09. The Morgan fingerprint density at radius 3 is 2.56 bits per heavy atom. The number of rotatable bonds is 6. The Bertz CT molecular complexity index is 380. The maximum atomic E-state index is 3.54. The van der Waals surface area contributed by atoms with Crippen molar-refractivity contribution in [3.63, 3.8) is 0 Å². The Morgan fingerprint density at radius 2 is 1.81 bits per heavy atom. The fourth-order valence-electron chi connectivity index (χ4n) is 2.25. The van der Waals surface area contributed by atoms with Crippen LogP contribution in [-0.2, 0) is 0 Å². The van der Waals surface area contributed by atoms with E-state index in [4.69, 9.17) is 0 Å². The van der Waals surface area contributed by atoms with Gasteiger partial charge in [0.25, 0.3) is 0 Å². The molecule has 85 valence electrons. The number of unbranched alkanes of at least 4 members (excludes halogenated alkanes) is 2. The first-order valence-corrected chi connectivity index (χ1v) is 7.37. The van der Waals surface area contributed by atoms with Crippen LogP contribution in [0, 0.1) is 5.82 Å². The average molecular weight is 231 g/mol. The Labute approximate surface area is 101 Å². The highest BCUT2D eigenvalue weighted by atomic mass is 31.1. The lowest BCUT2D eigenvalue weighted by atomic mass is 9.96. The van der Waals surface area contributed by atoms with Crippen molar-refractivity contribution < 1.29 is 0 Å². The van der Waals surface area contributed by atoms with E-state index in [2.05, 4.69) is 31.8 Å². The predicted molar refractivity (Wildman–Crippen MR) is 73.9 cm³/mol. The van der Waals surface area contributed by atoms with Gasteiger partial charge in [-0.1, -0.05) is 41.0 Å². The first-order chi connectivity index (χ1) is 7.86. The van der Waals surface area contributed by atoms with Crippen LogP contribution in [0.4, 0.5) is 0 Å². The van der Waals surface area contributed by atoms with Crippen LogP contribution < -0.4 is 0 Å². The molecule has 0 aromatic rings. The van der Waals surface area contributed by atoms with Crippen LogP contribution in [0.1, 0.15) is 52.4 Å². The summed E-state index contributed by atoms with van der Waals surface area (Å²) in [5.41, 5.74) is 4.62. The third-order valence-electron chi connectivity index (χ3n) is 3.21. The minimum absolute atomic E-state index is 1.22.